The van der Waals surface area contributed by atoms with Gasteiger partial charge in [-0.2, -0.15) is 22.7 Å². The highest BCUT2D eigenvalue weighted by Gasteiger charge is 2.64. The van der Waals surface area contributed by atoms with E-state index in [1.54, 1.807) is 35.1 Å². The predicted molar refractivity (Wildman–Crippen MR) is 187 cm³/mol. The van der Waals surface area contributed by atoms with Crippen molar-refractivity contribution in [3.63, 3.8) is 0 Å². The molecule has 1 aliphatic heterocycles. The first-order chi connectivity index (χ1) is 25.8. The molecule has 4 aromatic rings. The monoisotopic (exact) mass is 791 g/mol. The number of guanidine groups is 1. The minimum absolute atomic E-state index is 0.0370. The van der Waals surface area contributed by atoms with Gasteiger partial charge in [-0.25, -0.2) is 28.2 Å². The molecule has 0 spiro atoms. The van der Waals surface area contributed by atoms with E-state index in [0.29, 0.717) is 11.1 Å². The minimum Gasteiger partial charge on any atom is -0.447 e. The van der Waals surface area contributed by atoms with Gasteiger partial charge in [-0.1, -0.05) is 62.7 Å². The van der Waals surface area contributed by atoms with Gasteiger partial charge in [-0.15, -0.1) is 5.10 Å². The van der Waals surface area contributed by atoms with E-state index in [1.165, 1.54) is 18.2 Å². The van der Waals surface area contributed by atoms with Gasteiger partial charge in [0.15, 0.2) is 17.3 Å². The minimum atomic E-state index is -4.73. The molecule has 3 N–H and O–H groups in total. The van der Waals surface area contributed by atoms with E-state index < -0.39 is 65.5 Å². The number of aromatic nitrogens is 5. The summed E-state index contributed by atoms with van der Waals surface area (Å²) >= 11 is 6.43. The molecule has 3 aliphatic rings. The molecule has 3 heterocycles. The summed E-state index contributed by atoms with van der Waals surface area (Å²) < 4.78 is 91.4. The van der Waals surface area contributed by atoms with Gasteiger partial charge in [0.2, 0.25) is 5.95 Å². The van der Waals surface area contributed by atoms with Crippen LogP contribution < -0.4 is 11.1 Å². The zero-order valence-corrected chi connectivity index (χ0v) is 30.5. The van der Waals surface area contributed by atoms with Crippen molar-refractivity contribution in [2.45, 2.75) is 88.6 Å². The first kappa shape index (κ1) is 38.2. The van der Waals surface area contributed by atoms with Crippen LogP contribution in [0, 0.1) is 11.4 Å². The third-order valence-corrected chi connectivity index (χ3v) is 10.2. The van der Waals surface area contributed by atoms with Gasteiger partial charge in [-0.05, 0) is 66.3 Å². The van der Waals surface area contributed by atoms with Crippen molar-refractivity contribution in [3.8, 4) is 16.8 Å². The van der Waals surface area contributed by atoms with Gasteiger partial charge < -0.3 is 15.8 Å². The Bertz CT molecular complexity index is 2160. The van der Waals surface area contributed by atoms with Crippen LogP contribution in [0.15, 0.2) is 60.0 Å². The van der Waals surface area contributed by atoms with Crippen LogP contribution in [0.2, 0.25) is 5.02 Å². The first-order valence-corrected chi connectivity index (χ1v) is 17.7. The van der Waals surface area contributed by atoms with Crippen LogP contribution in [-0.4, -0.2) is 65.7 Å². The third kappa shape index (κ3) is 7.23. The summed E-state index contributed by atoms with van der Waals surface area (Å²) in [5.74, 6) is -2.37. The SMILES string of the molecule is CC(C)(C)C[C@]1(c2ccc(-c3cn(C4CC4)nc3F)cc2)N=C(N)N([C@H](COC(=O)NC2(C(F)(F)F)CC2)c2ccc(Cl)c(-n3ncnc3C(F)F)c2)C1=O. The lowest BCUT2D eigenvalue weighted by atomic mass is 9.75. The molecule has 0 unspecified atom stereocenters. The number of hydrogen-bond acceptors (Lipinski definition) is 8. The quantitative estimate of drug-likeness (QED) is 0.149. The largest absolute Gasteiger partial charge is 0.447 e. The normalized spacial score (nSPS) is 20.2. The number of alkyl halides is 5. The van der Waals surface area contributed by atoms with E-state index in [4.69, 9.17) is 27.1 Å². The van der Waals surface area contributed by atoms with E-state index in [1.807, 2.05) is 26.1 Å². The molecule has 0 bridgehead atoms. The molecule has 0 radical (unpaired) electrons. The smallest absolute Gasteiger partial charge is 0.411 e. The van der Waals surface area contributed by atoms with Crippen LogP contribution in [0.25, 0.3) is 16.8 Å². The Morgan fingerprint density at radius 2 is 1.80 bits per heavy atom. The molecule has 19 heteroatoms. The Hall–Kier alpha value is -5.13. The second kappa shape index (κ2) is 13.6. The maximum Gasteiger partial charge on any atom is 0.411 e. The fraction of sp³-hybridized carbons (Fsp3) is 0.444. The van der Waals surface area contributed by atoms with Crippen LogP contribution in [0.5, 0.6) is 0 Å². The maximum atomic E-state index is 15.0. The van der Waals surface area contributed by atoms with Crippen molar-refractivity contribution in [2.75, 3.05) is 6.61 Å². The van der Waals surface area contributed by atoms with Crippen LogP contribution >= 0.6 is 11.6 Å². The average Bonchev–Trinajstić information content (AvgIpc) is 4.00. The van der Waals surface area contributed by atoms with Crippen molar-refractivity contribution in [1.29, 1.82) is 0 Å². The number of nitrogens with two attached hydrogens (primary N) is 1. The second-order valence-electron chi connectivity index (χ2n) is 15.2. The number of rotatable bonds is 11. The lowest BCUT2D eigenvalue weighted by Crippen LogP contribution is -2.50. The highest BCUT2D eigenvalue weighted by molar-refractivity contribution is 6.32. The fourth-order valence-electron chi connectivity index (χ4n) is 6.88. The van der Waals surface area contributed by atoms with Gasteiger partial charge in [0.25, 0.3) is 12.3 Å². The molecule has 2 aromatic carbocycles. The standard InChI is InChI=1S/C36H36ClF6N9O3/c1-33(2,3)17-35(21-7-4-19(5-8-21)23-15-50(22-9-10-22)49-28(23)40)30(53)51(31(44)47-35)26(16-55-32(54)48-34(12-13-34)36(41,42)43)20-6-11-24(37)25(14-20)52-29(27(38)39)45-18-46-52/h4-8,11,14-15,18,22,26-27H,9-10,12-13,16-17H2,1-3H3,(H2,44,47)(H,48,54)/t26-,35-/m1/s1. The third-order valence-electron chi connectivity index (χ3n) is 9.86. The Kier molecular flexibility index (Phi) is 9.41. The van der Waals surface area contributed by atoms with Crippen LogP contribution in [-0.2, 0) is 15.1 Å². The van der Waals surface area contributed by atoms with Crippen molar-refractivity contribution in [3.05, 3.63) is 82.9 Å². The number of carbonyl (C=O) groups is 2. The zero-order chi connectivity index (χ0) is 39.7. The molecule has 2 atom stereocenters. The van der Waals surface area contributed by atoms with Gasteiger partial charge >= 0.3 is 12.3 Å². The van der Waals surface area contributed by atoms with E-state index in [2.05, 4.69) is 15.2 Å². The molecule has 2 fully saturated rings. The van der Waals surface area contributed by atoms with Crippen molar-refractivity contribution >= 4 is 29.6 Å². The lowest BCUT2D eigenvalue weighted by molar-refractivity contribution is -0.164. The van der Waals surface area contributed by atoms with Gasteiger partial charge in [0.1, 0.15) is 18.5 Å². The zero-order valence-electron chi connectivity index (χ0n) is 29.7. The number of amides is 2. The lowest BCUT2D eigenvalue weighted by Gasteiger charge is -2.35. The number of halogens is 7. The van der Waals surface area contributed by atoms with Gasteiger partial charge in [0, 0.05) is 6.20 Å². The van der Waals surface area contributed by atoms with Crippen LogP contribution in [0.4, 0.5) is 31.1 Å². The maximum absolute atomic E-state index is 15.0. The number of benzene rings is 2. The van der Waals surface area contributed by atoms with E-state index in [9.17, 15) is 35.9 Å². The van der Waals surface area contributed by atoms with Crippen molar-refractivity contribution in [1.82, 2.24) is 34.8 Å². The topological polar surface area (TPSA) is 146 Å². The number of nitrogens with one attached hydrogen (secondary N) is 1. The summed E-state index contributed by atoms with van der Waals surface area (Å²) in [7, 11) is 0. The molecular weight excluding hydrogens is 756 g/mol. The molecule has 2 aliphatic carbocycles. The number of nitrogens with zero attached hydrogens (tertiary/aromatic N) is 7. The molecule has 55 heavy (non-hydrogen) atoms. The molecule has 2 aromatic heterocycles. The van der Waals surface area contributed by atoms with E-state index in [-0.39, 0.29) is 53.1 Å². The summed E-state index contributed by atoms with van der Waals surface area (Å²) in [4.78, 5) is 37.2. The second-order valence-corrected chi connectivity index (χ2v) is 15.6. The van der Waals surface area contributed by atoms with Gasteiger partial charge in [-0.3, -0.25) is 14.4 Å². The molecule has 292 valence electrons. The van der Waals surface area contributed by atoms with Crippen LogP contribution in [0.3, 0.4) is 0 Å². The number of ether oxygens (including phenoxy) is 1. The van der Waals surface area contributed by atoms with E-state index in [0.717, 1.165) is 28.8 Å². The number of aliphatic imine (C=N–C) groups is 1. The highest BCUT2D eigenvalue weighted by atomic mass is 35.5. The Labute approximate surface area is 315 Å². The number of hydrogen-bond donors (Lipinski definition) is 2. The molecule has 0 saturated heterocycles. The van der Waals surface area contributed by atoms with Crippen LogP contribution in [0.1, 0.15) is 88.3 Å². The summed E-state index contributed by atoms with van der Waals surface area (Å²) in [5.41, 5.74) is 3.13. The summed E-state index contributed by atoms with van der Waals surface area (Å²) in [5, 5.41) is 9.72. The van der Waals surface area contributed by atoms with Gasteiger partial charge in [0.05, 0.1) is 28.4 Å². The van der Waals surface area contributed by atoms with Crippen molar-refractivity contribution in [2.24, 2.45) is 16.1 Å². The summed E-state index contributed by atoms with van der Waals surface area (Å²) in [6.07, 6.45) is -5.40. The Balaban J connectivity index is 1.27. The van der Waals surface area contributed by atoms with Crippen molar-refractivity contribution < 1.29 is 40.7 Å². The number of alkyl carbamates (subject to hydrolysis) is 1. The molecule has 2 amide bonds. The number of carbonyl (C=O) groups excluding carboxylic acids is 2. The summed E-state index contributed by atoms with van der Waals surface area (Å²) in [6, 6.07) is 9.40. The summed E-state index contributed by atoms with van der Waals surface area (Å²) in [6.45, 7) is 4.92. The first-order valence-electron chi connectivity index (χ1n) is 17.4. The fourth-order valence-corrected chi connectivity index (χ4v) is 7.08. The molecular formula is C36H36ClF6N9O3. The van der Waals surface area contributed by atoms with E-state index >= 15 is 0 Å². The predicted octanol–water partition coefficient (Wildman–Crippen LogP) is 7.55. The molecule has 12 nitrogen and oxygen atoms in total. The Morgan fingerprint density at radius 3 is 2.40 bits per heavy atom. The highest BCUT2D eigenvalue weighted by Crippen LogP contribution is 2.49. The molecule has 2 saturated carbocycles. The Morgan fingerprint density at radius 1 is 1.11 bits per heavy atom. The molecule has 7 rings (SSSR count). The average molecular weight is 792 g/mol.